The molecule has 0 aromatic carbocycles. The van der Waals surface area contributed by atoms with Gasteiger partial charge in [0.1, 0.15) is 0 Å². The second-order valence-electron chi connectivity index (χ2n) is 4.55. The molecule has 4 heteroatoms. The second kappa shape index (κ2) is 4.84. The molecule has 1 aliphatic rings. The lowest BCUT2D eigenvalue weighted by Crippen LogP contribution is -2.23. The van der Waals surface area contributed by atoms with Gasteiger partial charge in [0.05, 0.1) is 5.54 Å². The summed E-state index contributed by atoms with van der Waals surface area (Å²) in [5, 5.41) is 4.08. The lowest BCUT2D eigenvalue weighted by Gasteiger charge is -2.16. The summed E-state index contributed by atoms with van der Waals surface area (Å²) in [5.74, 6) is 0.203. The van der Waals surface area contributed by atoms with E-state index in [1.165, 1.54) is 0 Å². The van der Waals surface area contributed by atoms with E-state index in [0.29, 0.717) is 6.42 Å². The van der Waals surface area contributed by atoms with Gasteiger partial charge in [-0.15, -0.1) is 0 Å². The van der Waals surface area contributed by atoms with Crippen LogP contribution in [0.4, 0.5) is 0 Å². The molecule has 0 atom stereocenters. The minimum absolute atomic E-state index is 0.0888. The molecule has 0 bridgehead atoms. The van der Waals surface area contributed by atoms with Gasteiger partial charge < -0.3 is 5.32 Å². The van der Waals surface area contributed by atoms with Crippen LogP contribution in [-0.2, 0) is 4.79 Å². The van der Waals surface area contributed by atoms with Crippen LogP contribution < -0.4 is 5.32 Å². The maximum absolute atomic E-state index is 11.0. The number of nitrogens with one attached hydrogen (secondary N) is 1. The number of allylic oxidation sites excluding steroid dienone is 2. The second-order valence-corrected chi connectivity index (χ2v) is 5.35. The van der Waals surface area contributed by atoms with Crippen molar-refractivity contribution in [2.75, 3.05) is 6.26 Å². The third-order valence-electron chi connectivity index (χ3n) is 1.87. The van der Waals surface area contributed by atoms with Crippen LogP contribution in [0.3, 0.4) is 0 Å². The van der Waals surface area contributed by atoms with E-state index in [9.17, 15) is 4.79 Å². The minimum atomic E-state index is -0.0888. The van der Waals surface area contributed by atoms with Crippen LogP contribution in [0.5, 0.6) is 0 Å². The van der Waals surface area contributed by atoms with Gasteiger partial charge in [0.25, 0.3) is 0 Å². The van der Waals surface area contributed by atoms with Crippen LogP contribution in [0.1, 0.15) is 33.6 Å². The molecule has 3 nitrogen and oxygen atoms in total. The summed E-state index contributed by atoms with van der Waals surface area (Å²) < 4.78 is 0. The molecule has 0 aliphatic heterocycles. The maximum atomic E-state index is 11.0. The number of rotatable bonds is 1. The van der Waals surface area contributed by atoms with E-state index >= 15 is 0 Å². The molecular formula is C11H18N2OS. The van der Waals surface area contributed by atoms with E-state index in [0.717, 1.165) is 17.3 Å². The summed E-state index contributed by atoms with van der Waals surface area (Å²) in [7, 11) is 0. The Balaban J connectivity index is 2.66. The van der Waals surface area contributed by atoms with Crippen molar-refractivity contribution in [2.45, 2.75) is 39.2 Å². The fourth-order valence-corrected chi connectivity index (χ4v) is 1.86. The third-order valence-corrected chi connectivity index (χ3v) is 2.45. The van der Waals surface area contributed by atoms with Crippen molar-refractivity contribution in [2.24, 2.45) is 4.99 Å². The number of amidine groups is 1. The Bertz CT molecular complexity index is 313. The van der Waals surface area contributed by atoms with E-state index in [1.807, 2.05) is 6.26 Å². The zero-order chi connectivity index (χ0) is 11.5. The minimum Gasteiger partial charge on any atom is -0.338 e. The topological polar surface area (TPSA) is 41.5 Å². The molecule has 15 heavy (non-hydrogen) atoms. The van der Waals surface area contributed by atoms with Gasteiger partial charge in [-0.05, 0) is 33.4 Å². The molecule has 0 spiro atoms. The average Bonchev–Trinajstić information content (AvgIpc) is 2.47. The average molecular weight is 226 g/mol. The molecule has 0 aromatic rings. The van der Waals surface area contributed by atoms with Crippen molar-refractivity contribution in [3.63, 3.8) is 0 Å². The standard InChI is InChI=1S/C11H18N2OS/c1-11(2,3)13-10(15-4)12-8-5-6-9(14)7-8/h7H,5-6H2,1-4H3,(H,12,13). The van der Waals surface area contributed by atoms with Gasteiger partial charge in [0.15, 0.2) is 11.0 Å². The van der Waals surface area contributed by atoms with Crippen LogP contribution in [0, 0.1) is 0 Å². The van der Waals surface area contributed by atoms with Crippen LogP contribution in [-0.4, -0.2) is 22.7 Å². The Morgan fingerprint density at radius 3 is 2.53 bits per heavy atom. The predicted octanol–water partition coefficient (Wildman–Crippen LogP) is 2.34. The van der Waals surface area contributed by atoms with Crippen molar-refractivity contribution >= 4 is 22.7 Å². The quantitative estimate of drug-likeness (QED) is 0.551. The molecule has 0 heterocycles. The zero-order valence-electron chi connectivity index (χ0n) is 9.76. The van der Waals surface area contributed by atoms with Crippen molar-refractivity contribution < 1.29 is 4.79 Å². The Labute approximate surface area is 95.4 Å². The first-order valence-corrected chi connectivity index (χ1v) is 6.27. The highest BCUT2D eigenvalue weighted by Crippen LogP contribution is 2.15. The first-order valence-electron chi connectivity index (χ1n) is 5.05. The van der Waals surface area contributed by atoms with Crippen molar-refractivity contribution in [1.29, 1.82) is 0 Å². The first-order chi connectivity index (χ1) is 6.90. The molecule has 1 rings (SSSR count). The zero-order valence-corrected chi connectivity index (χ0v) is 10.6. The molecule has 0 fully saturated rings. The van der Waals surface area contributed by atoms with Gasteiger partial charge in [-0.25, -0.2) is 0 Å². The molecule has 0 unspecified atom stereocenters. The summed E-state index contributed by atoms with van der Waals surface area (Å²) in [5.41, 5.74) is 0.895. The predicted molar refractivity (Wildman–Crippen MR) is 66.2 cm³/mol. The van der Waals surface area contributed by atoms with Gasteiger partial charge in [0.2, 0.25) is 0 Å². The lowest BCUT2D eigenvalue weighted by molar-refractivity contribution is -0.114. The Kier molecular flexibility index (Phi) is 3.97. The highest BCUT2D eigenvalue weighted by molar-refractivity contribution is 8.13. The summed E-state index contributed by atoms with van der Waals surface area (Å²) in [6.45, 7) is 6.16. The third kappa shape index (κ3) is 4.51. The number of carbonyl (C=O) groups excluding carboxylic acids is 1. The fourth-order valence-electron chi connectivity index (χ4n) is 1.26. The van der Waals surface area contributed by atoms with Gasteiger partial charge in [-0.1, -0.05) is 11.8 Å². The molecule has 0 saturated carbocycles. The summed E-state index contributed by atoms with van der Waals surface area (Å²) >= 11 is 1.57. The Hall–Kier alpha value is -0.770. The number of thioether (sulfide) groups is 1. The molecule has 0 amide bonds. The summed E-state index contributed by atoms with van der Waals surface area (Å²) in [6, 6.07) is 0. The molecule has 0 radical (unpaired) electrons. The number of nitrogens with zero attached hydrogens (tertiary/aromatic N) is 1. The van der Waals surface area contributed by atoms with Crippen molar-refractivity contribution in [3.05, 3.63) is 11.8 Å². The Morgan fingerprint density at radius 1 is 1.47 bits per heavy atom. The van der Waals surface area contributed by atoms with E-state index in [4.69, 9.17) is 0 Å². The number of hydrogen-bond acceptors (Lipinski definition) is 3. The smallest absolute Gasteiger partial charge is 0.161 e. The van der Waals surface area contributed by atoms with E-state index in [1.54, 1.807) is 17.8 Å². The molecule has 0 aromatic heterocycles. The van der Waals surface area contributed by atoms with Crippen molar-refractivity contribution in [1.82, 2.24) is 5.32 Å². The SMILES string of the molecule is CSC(=NC(C)(C)C)NC1=CC(=O)CC1. The largest absolute Gasteiger partial charge is 0.338 e. The monoisotopic (exact) mass is 226 g/mol. The molecule has 0 saturated heterocycles. The molecule has 1 N–H and O–H groups in total. The van der Waals surface area contributed by atoms with E-state index in [2.05, 4.69) is 31.1 Å². The van der Waals surface area contributed by atoms with Gasteiger partial charge in [-0.3, -0.25) is 9.79 Å². The molecular weight excluding hydrogens is 208 g/mol. The van der Waals surface area contributed by atoms with E-state index in [-0.39, 0.29) is 11.3 Å². The van der Waals surface area contributed by atoms with Crippen LogP contribution in [0.15, 0.2) is 16.8 Å². The summed E-state index contributed by atoms with van der Waals surface area (Å²) in [4.78, 5) is 15.6. The molecule has 1 aliphatic carbocycles. The summed E-state index contributed by atoms with van der Waals surface area (Å²) in [6.07, 6.45) is 5.09. The van der Waals surface area contributed by atoms with Gasteiger partial charge in [0, 0.05) is 18.2 Å². The number of aliphatic imine (C=N–C) groups is 1. The number of ketones is 1. The van der Waals surface area contributed by atoms with Crippen LogP contribution in [0.2, 0.25) is 0 Å². The van der Waals surface area contributed by atoms with Gasteiger partial charge in [-0.2, -0.15) is 0 Å². The van der Waals surface area contributed by atoms with E-state index < -0.39 is 0 Å². The van der Waals surface area contributed by atoms with Crippen LogP contribution in [0.25, 0.3) is 0 Å². The lowest BCUT2D eigenvalue weighted by atomic mass is 10.1. The highest BCUT2D eigenvalue weighted by Gasteiger charge is 2.15. The van der Waals surface area contributed by atoms with Gasteiger partial charge >= 0.3 is 0 Å². The normalized spacial score (nSPS) is 18.0. The highest BCUT2D eigenvalue weighted by atomic mass is 32.2. The van der Waals surface area contributed by atoms with Crippen molar-refractivity contribution in [3.8, 4) is 0 Å². The van der Waals surface area contributed by atoms with Crippen LogP contribution >= 0.6 is 11.8 Å². The fraction of sp³-hybridized carbons (Fsp3) is 0.636. The number of hydrogen-bond donors (Lipinski definition) is 1. The maximum Gasteiger partial charge on any atom is 0.161 e. The first kappa shape index (κ1) is 12.3. The molecule has 84 valence electrons. The Morgan fingerprint density at radius 2 is 2.13 bits per heavy atom. The number of carbonyl (C=O) groups is 1.